The van der Waals surface area contributed by atoms with Gasteiger partial charge in [-0.05, 0) is 42.0 Å². The van der Waals surface area contributed by atoms with E-state index in [4.69, 9.17) is 19.9 Å². The monoisotopic (exact) mass is 514 g/mol. The van der Waals surface area contributed by atoms with Gasteiger partial charge in [0.1, 0.15) is 5.75 Å². The van der Waals surface area contributed by atoms with Gasteiger partial charge in [0.05, 0.1) is 27.9 Å². The van der Waals surface area contributed by atoms with Crippen LogP contribution in [0.3, 0.4) is 0 Å². The molecule has 0 heterocycles. The number of aliphatic imine (C=N–C) groups is 1. The second-order valence-electron chi connectivity index (χ2n) is 5.80. The van der Waals surface area contributed by atoms with Crippen LogP contribution in [0, 0.1) is 0 Å². The minimum atomic E-state index is -0.162. The lowest BCUT2D eigenvalue weighted by Gasteiger charge is -2.09. The van der Waals surface area contributed by atoms with Gasteiger partial charge in [-0.15, -0.1) is 24.0 Å². The molecule has 0 radical (unpaired) electrons. The summed E-state index contributed by atoms with van der Waals surface area (Å²) in [5.74, 6) is 2.15. The molecule has 0 aliphatic rings. The standard InChI is InChI=1S/C20H26N4O4.HI/c1-26-16-7-5-15(6-8-16)19(25)22-10-11-23-20(21)24-13-14-4-9-17(27-2)18(12-14)28-3;/h4-9,12H,10-11,13H2,1-3H3,(H,22,25)(H3,21,23,24);1H. The first kappa shape index (κ1) is 24.3. The van der Waals surface area contributed by atoms with Crippen LogP contribution in [0.5, 0.6) is 17.2 Å². The van der Waals surface area contributed by atoms with Crippen molar-refractivity contribution in [2.45, 2.75) is 6.54 Å². The minimum absolute atomic E-state index is 0. The SMILES string of the molecule is COc1ccc(C(=O)NCCNC(N)=NCc2ccc(OC)c(OC)c2)cc1.I. The van der Waals surface area contributed by atoms with Crippen molar-refractivity contribution in [3.8, 4) is 17.2 Å². The zero-order valence-electron chi connectivity index (χ0n) is 16.7. The van der Waals surface area contributed by atoms with Crippen LogP contribution in [0.4, 0.5) is 0 Å². The van der Waals surface area contributed by atoms with Crippen LogP contribution in [-0.4, -0.2) is 46.3 Å². The average Bonchev–Trinajstić information content (AvgIpc) is 2.74. The second kappa shape index (κ2) is 12.7. The molecule has 4 N–H and O–H groups in total. The zero-order valence-corrected chi connectivity index (χ0v) is 19.1. The molecule has 0 spiro atoms. The van der Waals surface area contributed by atoms with Crippen LogP contribution in [0.2, 0.25) is 0 Å². The number of amides is 1. The van der Waals surface area contributed by atoms with Crippen LogP contribution in [0.15, 0.2) is 47.5 Å². The molecule has 29 heavy (non-hydrogen) atoms. The smallest absolute Gasteiger partial charge is 0.251 e. The lowest BCUT2D eigenvalue weighted by Crippen LogP contribution is -2.38. The highest BCUT2D eigenvalue weighted by molar-refractivity contribution is 14.0. The van der Waals surface area contributed by atoms with Crippen molar-refractivity contribution in [2.75, 3.05) is 34.4 Å². The number of nitrogens with two attached hydrogens (primary N) is 1. The molecule has 2 aromatic carbocycles. The van der Waals surface area contributed by atoms with Crippen molar-refractivity contribution in [3.63, 3.8) is 0 Å². The first-order chi connectivity index (χ1) is 13.6. The van der Waals surface area contributed by atoms with E-state index in [1.165, 1.54) is 0 Å². The summed E-state index contributed by atoms with van der Waals surface area (Å²) in [4.78, 5) is 16.3. The molecule has 0 unspecified atom stereocenters. The molecule has 0 saturated heterocycles. The van der Waals surface area contributed by atoms with Crippen molar-refractivity contribution < 1.29 is 19.0 Å². The Labute approximate surface area is 187 Å². The summed E-state index contributed by atoms with van der Waals surface area (Å²) in [6.07, 6.45) is 0. The number of hydrogen-bond acceptors (Lipinski definition) is 5. The molecule has 158 valence electrons. The third-order valence-corrected chi connectivity index (χ3v) is 3.95. The van der Waals surface area contributed by atoms with Gasteiger partial charge in [0.25, 0.3) is 5.91 Å². The molecule has 2 rings (SSSR count). The summed E-state index contributed by atoms with van der Waals surface area (Å²) in [5.41, 5.74) is 7.37. The predicted molar refractivity (Wildman–Crippen MR) is 124 cm³/mol. The van der Waals surface area contributed by atoms with Crippen LogP contribution in [-0.2, 0) is 6.54 Å². The summed E-state index contributed by atoms with van der Waals surface area (Å²) >= 11 is 0. The molecule has 0 saturated carbocycles. The van der Waals surface area contributed by atoms with Gasteiger partial charge in [-0.1, -0.05) is 6.07 Å². The Kier molecular flexibility index (Phi) is 10.7. The third kappa shape index (κ3) is 7.68. The summed E-state index contributed by atoms with van der Waals surface area (Å²) in [7, 11) is 4.75. The maximum Gasteiger partial charge on any atom is 0.251 e. The maximum absolute atomic E-state index is 12.0. The predicted octanol–water partition coefficient (Wildman–Crippen LogP) is 2.16. The van der Waals surface area contributed by atoms with Crippen molar-refractivity contribution in [1.82, 2.24) is 10.6 Å². The van der Waals surface area contributed by atoms with E-state index in [2.05, 4.69) is 15.6 Å². The van der Waals surface area contributed by atoms with Crippen LogP contribution in [0.25, 0.3) is 0 Å². The fourth-order valence-corrected chi connectivity index (χ4v) is 2.42. The average molecular weight is 514 g/mol. The molecular formula is C20H27IN4O4. The molecule has 0 fully saturated rings. The molecule has 0 bridgehead atoms. The Morgan fingerprint density at radius 1 is 0.931 bits per heavy atom. The molecule has 0 aromatic heterocycles. The van der Waals surface area contributed by atoms with Gasteiger partial charge in [0.2, 0.25) is 0 Å². The van der Waals surface area contributed by atoms with E-state index >= 15 is 0 Å². The molecule has 1 amide bonds. The van der Waals surface area contributed by atoms with Gasteiger partial charge in [-0.3, -0.25) is 4.79 Å². The Morgan fingerprint density at radius 2 is 1.59 bits per heavy atom. The number of benzene rings is 2. The van der Waals surface area contributed by atoms with Gasteiger partial charge >= 0.3 is 0 Å². The lowest BCUT2D eigenvalue weighted by atomic mass is 10.2. The van der Waals surface area contributed by atoms with Crippen LogP contribution < -0.4 is 30.6 Å². The normalized spacial score (nSPS) is 10.5. The number of nitrogens with one attached hydrogen (secondary N) is 2. The van der Waals surface area contributed by atoms with E-state index in [1.54, 1.807) is 45.6 Å². The summed E-state index contributed by atoms with van der Waals surface area (Å²) < 4.78 is 15.5. The van der Waals surface area contributed by atoms with E-state index in [0.717, 1.165) is 5.56 Å². The molecule has 9 heteroatoms. The van der Waals surface area contributed by atoms with E-state index < -0.39 is 0 Å². The quantitative estimate of drug-likeness (QED) is 0.205. The maximum atomic E-state index is 12.0. The lowest BCUT2D eigenvalue weighted by molar-refractivity contribution is 0.0954. The molecule has 0 atom stereocenters. The van der Waals surface area contributed by atoms with Crippen molar-refractivity contribution in [3.05, 3.63) is 53.6 Å². The molecule has 0 aliphatic carbocycles. The highest BCUT2D eigenvalue weighted by atomic mass is 127. The van der Waals surface area contributed by atoms with Crippen molar-refractivity contribution in [2.24, 2.45) is 10.7 Å². The number of methoxy groups -OCH3 is 3. The molecular weight excluding hydrogens is 487 g/mol. The van der Waals surface area contributed by atoms with E-state index in [1.807, 2.05) is 18.2 Å². The Balaban J connectivity index is 0.00000420. The molecule has 0 aliphatic heterocycles. The van der Waals surface area contributed by atoms with E-state index in [9.17, 15) is 4.79 Å². The fraction of sp³-hybridized carbons (Fsp3) is 0.300. The highest BCUT2D eigenvalue weighted by Gasteiger charge is 2.06. The molecule has 2 aromatic rings. The first-order valence-electron chi connectivity index (χ1n) is 8.74. The van der Waals surface area contributed by atoms with Gasteiger partial charge in [-0.2, -0.15) is 0 Å². The number of carbonyl (C=O) groups excluding carboxylic acids is 1. The first-order valence-corrected chi connectivity index (χ1v) is 8.74. The minimum Gasteiger partial charge on any atom is -0.497 e. The number of ether oxygens (including phenoxy) is 3. The number of rotatable bonds is 9. The number of hydrogen-bond donors (Lipinski definition) is 3. The van der Waals surface area contributed by atoms with Crippen molar-refractivity contribution in [1.29, 1.82) is 0 Å². The van der Waals surface area contributed by atoms with Crippen LogP contribution >= 0.6 is 24.0 Å². The second-order valence-corrected chi connectivity index (χ2v) is 5.80. The largest absolute Gasteiger partial charge is 0.497 e. The van der Waals surface area contributed by atoms with Crippen molar-refractivity contribution >= 4 is 35.8 Å². The molecule has 8 nitrogen and oxygen atoms in total. The Bertz CT molecular complexity index is 813. The number of halogens is 1. The van der Waals surface area contributed by atoms with Gasteiger partial charge in [0, 0.05) is 18.7 Å². The Hall–Kier alpha value is -2.69. The van der Waals surface area contributed by atoms with Crippen LogP contribution in [0.1, 0.15) is 15.9 Å². The van der Waals surface area contributed by atoms with E-state index in [-0.39, 0.29) is 29.9 Å². The summed E-state index contributed by atoms with van der Waals surface area (Å²) in [5, 5.41) is 5.78. The topological polar surface area (TPSA) is 107 Å². The number of nitrogens with zero attached hydrogens (tertiary/aromatic N) is 1. The third-order valence-electron chi connectivity index (χ3n) is 3.95. The zero-order chi connectivity index (χ0) is 20.4. The number of guanidine groups is 1. The number of carbonyl (C=O) groups is 1. The van der Waals surface area contributed by atoms with E-state index in [0.29, 0.717) is 48.4 Å². The summed E-state index contributed by atoms with van der Waals surface area (Å²) in [6.45, 7) is 1.28. The fourth-order valence-electron chi connectivity index (χ4n) is 2.42. The highest BCUT2D eigenvalue weighted by Crippen LogP contribution is 2.27. The summed E-state index contributed by atoms with van der Waals surface area (Å²) in [6, 6.07) is 12.5. The van der Waals surface area contributed by atoms with Gasteiger partial charge in [0.15, 0.2) is 17.5 Å². The Morgan fingerprint density at radius 3 is 2.21 bits per heavy atom. The van der Waals surface area contributed by atoms with Gasteiger partial charge < -0.3 is 30.6 Å². The van der Waals surface area contributed by atoms with Gasteiger partial charge in [-0.25, -0.2) is 4.99 Å².